The molecule has 0 aliphatic heterocycles. The highest BCUT2D eigenvalue weighted by atomic mass is 19.4. The van der Waals surface area contributed by atoms with Crippen molar-refractivity contribution in [2.75, 3.05) is 6.61 Å². The fourth-order valence-corrected chi connectivity index (χ4v) is 1.05. The summed E-state index contributed by atoms with van der Waals surface area (Å²) in [6, 6.07) is 0. The average Bonchev–Trinajstić information content (AvgIpc) is 1.83. The summed E-state index contributed by atoms with van der Waals surface area (Å²) in [4.78, 5) is 0. The van der Waals surface area contributed by atoms with Crippen LogP contribution in [-0.4, -0.2) is 23.7 Å². The van der Waals surface area contributed by atoms with Gasteiger partial charge in [-0.15, -0.1) is 0 Å². The predicted molar refractivity (Wildman–Crippen MR) is 42.1 cm³/mol. The average molecular weight is 200 g/mol. The maximum Gasteiger partial charge on any atom is 0.391 e. The Hall–Kier alpha value is -0.290. The molecule has 0 amide bonds. The number of alkyl halides is 3. The zero-order valence-electron chi connectivity index (χ0n) is 7.98. The van der Waals surface area contributed by atoms with Gasteiger partial charge in [-0.3, -0.25) is 0 Å². The zero-order chi connectivity index (χ0) is 10.7. The van der Waals surface area contributed by atoms with E-state index in [-0.39, 0.29) is 6.61 Å². The fourth-order valence-electron chi connectivity index (χ4n) is 1.05. The predicted octanol–water partition coefficient (Wildman–Crippen LogP) is 2.32. The molecule has 0 aromatic heterocycles. The summed E-state index contributed by atoms with van der Waals surface area (Å²) >= 11 is 0. The lowest BCUT2D eigenvalue weighted by Crippen LogP contribution is -2.35. The van der Waals surface area contributed by atoms with E-state index in [0.29, 0.717) is 0 Å². The molecule has 13 heavy (non-hydrogen) atoms. The first-order valence-corrected chi connectivity index (χ1v) is 4.12. The molecule has 0 rings (SSSR count). The Kier molecular flexibility index (Phi) is 4.19. The first-order chi connectivity index (χ1) is 5.69. The standard InChI is InChI=1S/C8H15F3O2/c1-4-13-7(3,12)5-6(2)8(9,10)11/h6,12H,4-5H2,1-3H3. The molecular formula is C8H15F3O2. The molecule has 0 aliphatic carbocycles. The first kappa shape index (κ1) is 12.7. The third kappa shape index (κ3) is 5.10. The minimum Gasteiger partial charge on any atom is -0.366 e. The highest BCUT2D eigenvalue weighted by Crippen LogP contribution is 2.32. The van der Waals surface area contributed by atoms with Gasteiger partial charge in [0.15, 0.2) is 5.79 Å². The molecule has 0 saturated carbocycles. The smallest absolute Gasteiger partial charge is 0.366 e. The van der Waals surface area contributed by atoms with Crippen LogP contribution in [0.5, 0.6) is 0 Å². The second-order valence-electron chi connectivity index (χ2n) is 3.25. The van der Waals surface area contributed by atoms with Crippen LogP contribution >= 0.6 is 0 Å². The Bertz CT molecular complexity index is 154. The quantitative estimate of drug-likeness (QED) is 0.705. The van der Waals surface area contributed by atoms with Crippen LogP contribution in [0, 0.1) is 5.92 Å². The second-order valence-corrected chi connectivity index (χ2v) is 3.25. The van der Waals surface area contributed by atoms with E-state index in [1.807, 2.05) is 0 Å². The number of hydrogen-bond donors (Lipinski definition) is 1. The molecule has 2 nitrogen and oxygen atoms in total. The Morgan fingerprint density at radius 3 is 2.15 bits per heavy atom. The molecule has 0 heterocycles. The highest BCUT2D eigenvalue weighted by molar-refractivity contribution is 4.70. The molecule has 80 valence electrons. The summed E-state index contributed by atoms with van der Waals surface area (Å²) in [6.07, 6.45) is -4.72. The summed E-state index contributed by atoms with van der Waals surface area (Å²) < 4.78 is 40.9. The van der Waals surface area contributed by atoms with Crippen molar-refractivity contribution < 1.29 is 23.0 Å². The van der Waals surface area contributed by atoms with Crippen LogP contribution in [0.2, 0.25) is 0 Å². The van der Waals surface area contributed by atoms with Crippen LogP contribution in [0.1, 0.15) is 27.2 Å². The largest absolute Gasteiger partial charge is 0.391 e. The van der Waals surface area contributed by atoms with Crippen molar-refractivity contribution in [1.29, 1.82) is 0 Å². The number of hydrogen-bond acceptors (Lipinski definition) is 2. The van der Waals surface area contributed by atoms with Gasteiger partial charge in [0.05, 0.1) is 5.92 Å². The van der Waals surface area contributed by atoms with Gasteiger partial charge in [-0.05, 0) is 13.8 Å². The third-order valence-electron chi connectivity index (χ3n) is 1.70. The van der Waals surface area contributed by atoms with E-state index in [9.17, 15) is 18.3 Å². The normalized spacial score (nSPS) is 19.6. The zero-order valence-corrected chi connectivity index (χ0v) is 7.98. The summed E-state index contributed by atoms with van der Waals surface area (Å²) in [5.41, 5.74) is 0. The molecule has 2 unspecified atom stereocenters. The van der Waals surface area contributed by atoms with Crippen LogP contribution in [0.25, 0.3) is 0 Å². The van der Waals surface area contributed by atoms with E-state index in [4.69, 9.17) is 4.74 Å². The Morgan fingerprint density at radius 1 is 1.38 bits per heavy atom. The molecule has 0 aliphatic rings. The molecule has 0 spiro atoms. The van der Waals surface area contributed by atoms with Crippen LogP contribution in [0.4, 0.5) is 13.2 Å². The lowest BCUT2D eigenvalue weighted by Gasteiger charge is -2.27. The van der Waals surface area contributed by atoms with Gasteiger partial charge in [0.1, 0.15) is 0 Å². The molecule has 0 radical (unpaired) electrons. The fraction of sp³-hybridized carbons (Fsp3) is 1.00. The van der Waals surface area contributed by atoms with Crippen molar-refractivity contribution in [2.24, 2.45) is 5.92 Å². The van der Waals surface area contributed by atoms with E-state index in [1.54, 1.807) is 6.92 Å². The van der Waals surface area contributed by atoms with Gasteiger partial charge >= 0.3 is 6.18 Å². The molecule has 0 aromatic carbocycles. The highest BCUT2D eigenvalue weighted by Gasteiger charge is 2.40. The maximum absolute atomic E-state index is 12.1. The van der Waals surface area contributed by atoms with Crippen molar-refractivity contribution in [3.63, 3.8) is 0 Å². The van der Waals surface area contributed by atoms with Crippen LogP contribution in [-0.2, 0) is 4.74 Å². The van der Waals surface area contributed by atoms with E-state index >= 15 is 0 Å². The van der Waals surface area contributed by atoms with Gasteiger partial charge in [0.2, 0.25) is 0 Å². The SMILES string of the molecule is CCOC(C)(O)CC(C)C(F)(F)F. The Balaban J connectivity index is 4.11. The number of rotatable bonds is 4. The number of ether oxygens (including phenoxy) is 1. The maximum atomic E-state index is 12.1. The van der Waals surface area contributed by atoms with Gasteiger partial charge in [-0.2, -0.15) is 13.2 Å². The molecule has 0 saturated heterocycles. The molecule has 5 heteroatoms. The molecule has 1 N–H and O–H groups in total. The molecule has 0 bridgehead atoms. The van der Waals surface area contributed by atoms with Crippen LogP contribution in [0.15, 0.2) is 0 Å². The van der Waals surface area contributed by atoms with Crippen LogP contribution in [0.3, 0.4) is 0 Å². The molecular weight excluding hydrogens is 185 g/mol. The lowest BCUT2D eigenvalue weighted by atomic mass is 10.0. The van der Waals surface area contributed by atoms with Gasteiger partial charge < -0.3 is 9.84 Å². The van der Waals surface area contributed by atoms with Gasteiger partial charge in [0, 0.05) is 13.0 Å². The monoisotopic (exact) mass is 200 g/mol. The first-order valence-electron chi connectivity index (χ1n) is 4.12. The van der Waals surface area contributed by atoms with E-state index in [1.165, 1.54) is 6.92 Å². The second kappa shape index (κ2) is 4.28. The number of halogens is 3. The van der Waals surface area contributed by atoms with Crippen molar-refractivity contribution in [1.82, 2.24) is 0 Å². The number of aliphatic hydroxyl groups is 1. The summed E-state index contributed by atoms with van der Waals surface area (Å²) in [7, 11) is 0. The third-order valence-corrected chi connectivity index (χ3v) is 1.70. The minimum atomic E-state index is -4.28. The van der Waals surface area contributed by atoms with E-state index in [2.05, 4.69) is 0 Å². The molecule has 0 fully saturated rings. The Morgan fingerprint density at radius 2 is 1.85 bits per heavy atom. The summed E-state index contributed by atoms with van der Waals surface area (Å²) in [5.74, 6) is -3.25. The summed E-state index contributed by atoms with van der Waals surface area (Å²) in [5, 5.41) is 9.33. The van der Waals surface area contributed by atoms with Gasteiger partial charge in [-0.25, -0.2) is 0 Å². The lowest BCUT2D eigenvalue weighted by molar-refractivity contribution is -0.235. The van der Waals surface area contributed by atoms with Crippen molar-refractivity contribution in [3.05, 3.63) is 0 Å². The molecule has 2 atom stereocenters. The van der Waals surface area contributed by atoms with Crippen molar-refractivity contribution in [2.45, 2.75) is 39.2 Å². The minimum absolute atomic E-state index is 0.192. The van der Waals surface area contributed by atoms with E-state index in [0.717, 1.165) is 6.92 Å². The topological polar surface area (TPSA) is 29.5 Å². The van der Waals surface area contributed by atoms with Gasteiger partial charge in [-0.1, -0.05) is 6.92 Å². The molecule has 0 aromatic rings. The van der Waals surface area contributed by atoms with Crippen LogP contribution < -0.4 is 0 Å². The van der Waals surface area contributed by atoms with Crippen molar-refractivity contribution >= 4 is 0 Å². The van der Waals surface area contributed by atoms with E-state index < -0.39 is 24.3 Å². The Labute approximate surface area is 75.7 Å². The summed E-state index contributed by atoms with van der Waals surface area (Å²) in [6.45, 7) is 4.07. The van der Waals surface area contributed by atoms with Crippen molar-refractivity contribution in [3.8, 4) is 0 Å². The van der Waals surface area contributed by atoms with Gasteiger partial charge in [0.25, 0.3) is 0 Å².